The van der Waals surface area contributed by atoms with Gasteiger partial charge in [-0.15, -0.1) is 123 Å². The number of hydrogen-bond donors (Lipinski definition) is 0. The van der Waals surface area contributed by atoms with Crippen molar-refractivity contribution < 1.29 is 26.2 Å². The van der Waals surface area contributed by atoms with Gasteiger partial charge in [0.1, 0.15) is 0 Å². The molecule has 0 unspecified atom stereocenters. The Morgan fingerprint density at radius 1 is 0.553 bits per heavy atom. The van der Waals surface area contributed by atoms with Gasteiger partial charge in [0, 0.05) is 0 Å². The quantitative estimate of drug-likeness (QED) is 0.143. The van der Waals surface area contributed by atoms with Gasteiger partial charge < -0.3 is 6.17 Å². The minimum absolute atomic E-state index is 0. The van der Waals surface area contributed by atoms with Gasteiger partial charge in [0.05, 0.1) is 0 Å². The molecule has 0 heterocycles. The van der Waals surface area contributed by atoms with Crippen molar-refractivity contribution in [3.8, 4) is 0 Å². The molecular weight excluding hydrogens is 552 g/mol. The Balaban J connectivity index is 0.000000192. The molecule has 0 amide bonds. The van der Waals surface area contributed by atoms with E-state index in [2.05, 4.69) is 148 Å². The van der Waals surface area contributed by atoms with Gasteiger partial charge in [-0.3, -0.25) is 0 Å². The van der Waals surface area contributed by atoms with Crippen LogP contribution >= 0.6 is 0 Å². The maximum atomic E-state index is 4.53. The molecule has 6 aromatic carbocycles. The molecule has 0 saturated heterocycles. The smallest absolute Gasteiger partial charge is 0.533 e. The number of rotatable bonds is 4. The van der Waals surface area contributed by atoms with Gasteiger partial charge in [-0.1, -0.05) is 62.4 Å². The van der Waals surface area contributed by atoms with Gasteiger partial charge in [0.15, 0.2) is 0 Å². The molecular formula is C36H36SiZr. The number of aryl methyl sites for hydroxylation is 2. The van der Waals surface area contributed by atoms with E-state index < -0.39 is 0 Å². The molecule has 38 heavy (non-hydrogen) atoms. The standard InChI is InChI=1S/C13H11.2C11H11.CH3Si.Zr/c1-3-7-12(8-4-1)11-13-9-5-2-6-10-13;2*1-2-9-7-10-5-3-4-6-11(10)8-9;1-2;/h1-11H;2*3-8H,2H2,1H3;1H,2H2;/q4*-1;+4. The Morgan fingerprint density at radius 3 is 1.24 bits per heavy atom. The second kappa shape index (κ2) is 17.4. The van der Waals surface area contributed by atoms with E-state index in [0.29, 0.717) is 0 Å². The average molecular weight is 588 g/mol. The summed E-state index contributed by atoms with van der Waals surface area (Å²) in [7, 11) is 1.36. The molecule has 0 saturated carbocycles. The summed E-state index contributed by atoms with van der Waals surface area (Å²) in [5.74, 6) is 0. The first kappa shape index (κ1) is 31.2. The zero-order valence-corrected chi connectivity index (χ0v) is 26.3. The molecule has 2 heteroatoms. The number of benzene rings is 4. The molecule has 0 spiro atoms. The zero-order valence-electron chi connectivity index (χ0n) is 22.5. The summed E-state index contributed by atoms with van der Waals surface area (Å²) < 4.78 is 0. The third kappa shape index (κ3) is 9.67. The van der Waals surface area contributed by atoms with E-state index in [1.54, 1.807) is 0 Å². The molecule has 0 atom stereocenters. The maximum Gasteiger partial charge on any atom is 4.00 e. The summed E-state index contributed by atoms with van der Waals surface area (Å²) in [5, 5.41) is 5.46. The molecule has 0 N–H and O–H groups in total. The third-order valence-electron chi connectivity index (χ3n) is 6.10. The van der Waals surface area contributed by atoms with Crippen molar-refractivity contribution in [2.45, 2.75) is 26.7 Å². The zero-order chi connectivity index (χ0) is 26.3. The SMILES string of the molecule is CCc1cc2ccccc2[cH-]1.CCc1cc2ccccc2[cH-]1.[CH-]=[SiH2].[Zr+4].c1ccc([CH-]c2ccccc2)cc1. The maximum absolute atomic E-state index is 4.53. The van der Waals surface area contributed by atoms with Crippen molar-refractivity contribution in [2.24, 2.45) is 0 Å². The third-order valence-corrected chi connectivity index (χ3v) is 6.10. The van der Waals surface area contributed by atoms with Gasteiger partial charge in [0.2, 0.25) is 0 Å². The van der Waals surface area contributed by atoms with Crippen LogP contribution in [0, 0.1) is 6.42 Å². The first-order chi connectivity index (χ1) is 18.2. The van der Waals surface area contributed by atoms with E-state index in [0.717, 1.165) is 12.8 Å². The Morgan fingerprint density at radius 2 is 0.895 bits per heavy atom. The van der Waals surface area contributed by atoms with Crippen molar-refractivity contribution >= 4 is 37.6 Å². The van der Waals surface area contributed by atoms with Crippen molar-refractivity contribution in [3.63, 3.8) is 0 Å². The molecule has 0 aromatic heterocycles. The van der Waals surface area contributed by atoms with Crippen LogP contribution in [-0.4, -0.2) is 16.0 Å². The molecule has 0 aliphatic rings. The van der Waals surface area contributed by atoms with Gasteiger partial charge in [-0.25, -0.2) is 9.85 Å². The second-order valence-electron chi connectivity index (χ2n) is 8.66. The van der Waals surface area contributed by atoms with E-state index >= 15 is 0 Å². The van der Waals surface area contributed by atoms with Crippen molar-refractivity contribution in [2.75, 3.05) is 0 Å². The molecule has 0 radical (unpaired) electrons. The van der Waals surface area contributed by atoms with E-state index in [1.165, 1.54) is 53.7 Å². The van der Waals surface area contributed by atoms with Crippen molar-refractivity contribution in [1.82, 2.24) is 0 Å². The van der Waals surface area contributed by atoms with Crippen molar-refractivity contribution in [1.29, 1.82) is 0 Å². The van der Waals surface area contributed by atoms with Crippen LogP contribution in [0.4, 0.5) is 0 Å². The minimum atomic E-state index is 0. The van der Waals surface area contributed by atoms with Crippen LogP contribution in [0.1, 0.15) is 36.1 Å². The van der Waals surface area contributed by atoms with Crippen LogP contribution in [0.5, 0.6) is 0 Å². The van der Waals surface area contributed by atoms with Gasteiger partial charge in [-0.2, -0.15) is 12.1 Å². The molecule has 0 fully saturated rings. The summed E-state index contributed by atoms with van der Waals surface area (Å²) in [6.07, 6.45) is 8.96. The predicted octanol–water partition coefficient (Wildman–Crippen LogP) is 8.46. The number of fused-ring (bicyclic) bond motifs is 2. The Bertz CT molecular complexity index is 1270. The average Bonchev–Trinajstić information content (AvgIpc) is 3.60. The van der Waals surface area contributed by atoms with Crippen LogP contribution in [0.2, 0.25) is 0 Å². The van der Waals surface area contributed by atoms with Gasteiger partial charge in [0.25, 0.3) is 0 Å². The molecule has 6 aromatic rings. The summed E-state index contributed by atoms with van der Waals surface area (Å²) in [5.41, 5.74) is 5.36. The van der Waals surface area contributed by atoms with Crippen molar-refractivity contribution in [3.05, 3.63) is 162 Å². The van der Waals surface area contributed by atoms with Gasteiger partial charge in [-0.05, 0) is 12.8 Å². The van der Waals surface area contributed by atoms with Crippen LogP contribution in [-0.2, 0) is 39.0 Å². The summed E-state index contributed by atoms with van der Waals surface area (Å²) >= 11 is 0. The fourth-order valence-electron chi connectivity index (χ4n) is 4.13. The molecule has 0 bridgehead atoms. The molecule has 0 aliphatic heterocycles. The fourth-order valence-corrected chi connectivity index (χ4v) is 4.13. The topological polar surface area (TPSA) is 0 Å². The van der Waals surface area contributed by atoms with E-state index in [4.69, 9.17) is 0 Å². The normalized spacial score (nSPS) is 9.53. The fraction of sp³-hybridized carbons (Fsp3) is 0.111. The Labute approximate surface area is 251 Å². The summed E-state index contributed by atoms with van der Waals surface area (Å²) in [4.78, 5) is 0. The molecule has 0 aliphatic carbocycles. The monoisotopic (exact) mass is 586 g/mol. The van der Waals surface area contributed by atoms with E-state index in [-0.39, 0.29) is 26.2 Å². The molecule has 188 valence electrons. The Hall–Kier alpha value is -3.06. The minimum Gasteiger partial charge on any atom is -0.533 e. The predicted molar refractivity (Wildman–Crippen MR) is 168 cm³/mol. The second-order valence-corrected chi connectivity index (χ2v) is 8.66. The van der Waals surface area contributed by atoms with Crippen LogP contribution < -0.4 is 0 Å². The van der Waals surface area contributed by atoms with Crippen LogP contribution in [0.15, 0.2) is 133 Å². The van der Waals surface area contributed by atoms with Gasteiger partial charge >= 0.3 is 26.2 Å². The first-order valence-corrected chi connectivity index (χ1v) is 13.7. The van der Waals surface area contributed by atoms with Crippen LogP contribution in [0.25, 0.3) is 21.5 Å². The largest absolute Gasteiger partial charge is 4.00 e. The Kier molecular flexibility index (Phi) is 14.3. The molecule has 0 nitrogen and oxygen atoms in total. The summed E-state index contributed by atoms with van der Waals surface area (Å²) in [6.45, 7) is 4.38. The summed E-state index contributed by atoms with van der Waals surface area (Å²) in [6, 6.07) is 46.7. The van der Waals surface area contributed by atoms with E-state index in [1.807, 2.05) is 12.1 Å². The van der Waals surface area contributed by atoms with Crippen LogP contribution in [0.3, 0.4) is 0 Å². The number of hydrogen-bond acceptors (Lipinski definition) is 0. The van der Waals surface area contributed by atoms with E-state index in [9.17, 15) is 0 Å². The molecule has 6 rings (SSSR count). The first-order valence-electron chi connectivity index (χ1n) is 12.9.